The van der Waals surface area contributed by atoms with Crippen LogP contribution in [0.2, 0.25) is 0 Å². The summed E-state index contributed by atoms with van der Waals surface area (Å²) in [5, 5.41) is 0.521. The zero-order chi connectivity index (χ0) is 16.7. The van der Waals surface area contributed by atoms with Crippen LogP contribution >= 0.6 is 0 Å². The Morgan fingerprint density at radius 1 is 1.04 bits per heavy atom. The van der Waals surface area contributed by atoms with Gasteiger partial charge in [0.2, 0.25) is 0 Å². The maximum atomic E-state index is 14.3. The van der Waals surface area contributed by atoms with E-state index in [9.17, 15) is 17.6 Å². The van der Waals surface area contributed by atoms with Crippen LogP contribution in [-0.2, 0) is 6.42 Å². The Hall–Kier alpha value is -2.63. The predicted molar refractivity (Wildman–Crippen MR) is 80.8 cm³/mol. The highest BCUT2D eigenvalue weighted by atomic mass is 19.2. The summed E-state index contributed by atoms with van der Waals surface area (Å²) in [5.74, 6) is -4.53. The maximum Gasteiger partial charge on any atom is 0.167 e. The van der Waals surface area contributed by atoms with Crippen molar-refractivity contribution in [2.75, 3.05) is 5.73 Å². The monoisotopic (exact) mass is 320 g/mol. The minimum Gasteiger partial charge on any atom is -0.397 e. The summed E-state index contributed by atoms with van der Waals surface area (Å²) in [6.07, 6.45) is 1.88. The maximum absolute atomic E-state index is 14.3. The molecule has 0 aliphatic carbocycles. The number of nitrogens with zero attached hydrogens (tertiary/aromatic N) is 1. The van der Waals surface area contributed by atoms with E-state index >= 15 is 0 Å². The molecule has 0 saturated heterocycles. The van der Waals surface area contributed by atoms with E-state index in [2.05, 4.69) is 4.98 Å². The van der Waals surface area contributed by atoms with Crippen LogP contribution in [0.5, 0.6) is 0 Å². The first kappa shape index (κ1) is 15.3. The van der Waals surface area contributed by atoms with E-state index in [0.29, 0.717) is 29.1 Å². The molecule has 2 aromatic carbocycles. The van der Waals surface area contributed by atoms with Crippen molar-refractivity contribution in [2.45, 2.75) is 13.3 Å². The van der Waals surface area contributed by atoms with E-state index in [0.717, 1.165) is 12.1 Å². The lowest BCUT2D eigenvalue weighted by atomic mass is 9.97. The van der Waals surface area contributed by atoms with Crippen molar-refractivity contribution >= 4 is 16.6 Å². The molecule has 0 aliphatic heterocycles. The molecule has 0 amide bonds. The van der Waals surface area contributed by atoms with Crippen molar-refractivity contribution in [3.8, 4) is 11.1 Å². The van der Waals surface area contributed by atoms with Gasteiger partial charge in [0.15, 0.2) is 11.6 Å². The Morgan fingerprint density at radius 2 is 1.78 bits per heavy atom. The number of nitrogen functional groups attached to an aromatic ring is 1. The fraction of sp³-hybridized carbons (Fsp3) is 0.118. The second-order valence-corrected chi connectivity index (χ2v) is 5.11. The topological polar surface area (TPSA) is 38.9 Å². The molecular formula is C17H12F4N2. The molecule has 0 fully saturated rings. The van der Waals surface area contributed by atoms with Gasteiger partial charge in [0.1, 0.15) is 11.6 Å². The first-order valence-corrected chi connectivity index (χ1v) is 6.94. The highest BCUT2D eigenvalue weighted by Crippen LogP contribution is 2.35. The smallest absolute Gasteiger partial charge is 0.167 e. The van der Waals surface area contributed by atoms with Crippen LogP contribution in [-0.4, -0.2) is 4.98 Å². The number of hydrogen-bond donors (Lipinski definition) is 1. The van der Waals surface area contributed by atoms with E-state index < -0.39 is 28.8 Å². The molecule has 1 heterocycles. The van der Waals surface area contributed by atoms with Gasteiger partial charge < -0.3 is 5.73 Å². The van der Waals surface area contributed by atoms with Gasteiger partial charge in [-0.25, -0.2) is 17.6 Å². The van der Waals surface area contributed by atoms with Gasteiger partial charge in [0.25, 0.3) is 0 Å². The molecule has 3 rings (SSSR count). The zero-order valence-corrected chi connectivity index (χ0v) is 12.1. The minimum absolute atomic E-state index is 0.111. The van der Waals surface area contributed by atoms with E-state index in [1.165, 1.54) is 12.3 Å². The van der Waals surface area contributed by atoms with Gasteiger partial charge in [0.05, 0.1) is 17.4 Å². The predicted octanol–water partition coefficient (Wildman–Crippen LogP) is 4.60. The Labute approximate surface area is 129 Å². The zero-order valence-electron chi connectivity index (χ0n) is 12.1. The van der Waals surface area contributed by atoms with Crippen LogP contribution in [0.1, 0.15) is 12.5 Å². The molecule has 6 heteroatoms. The standard InChI is InChI=1S/C17H12F4N2/c1-2-9-10-3-4-12(19)15(17(10)23-7-14(9)22)11-5-8(18)6-13(20)16(11)21/h3-7H,2,22H2,1H3. The fourth-order valence-electron chi connectivity index (χ4n) is 2.70. The van der Waals surface area contributed by atoms with E-state index in [1.807, 2.05) is 6.92 Å². The SMILES string of the molecule is CCc1c(N)cnc2c(-c3cc(F)cc(F)c3F)c(F)ccc12. The summed E-state index contributed by atoms with van der Waals surface area (Å²) in [6.45, 7) is 1.86. The lowest BCUT2D eigenvalue weighted by molar-refractivity contribution is 0.497. The summed E-state index contributed by atoms with van der Waals surface area (Å²) >= 11 is 0. The Balaban J connectivity index is 2.45. The molecule has 2 N–H and O–H groups in total. The molecule has 2 nitrogen and oxygen atoms in total. The summed E-state index contributed by atoms with van der Waals surface area (Å²) in [6, 6.07) is 3.74. The van der Waals surface area contributed by atoms with Crippen molar-refractivity contribution in [3.05, 3.63) is 59.3 Å². The molecule has 0 saturated carbocycles. The van der Waals surface area contributed by atoms with Crippen molar-refractivity contribution in [3.63, 3.8) is 0 Å². The van der Waals surface area contributed by atoms with Gasteiger partial charge in [-0.2, -0.15) is 0 Å². The quantitative estimate of drug-likeness (QED) is 0.553. The van der Waals surface area contributed by atoms with Crippen molar-refractivity contribution in [1.29, 1.82) is 0 Å². The Kier molecular flexibility index (Phi) is 3.67. The highest BCUT2D eigenvalue weighted by molar-refractivity contribution is 5.97. The third kappa shape index (κ3) is 2.40. The summed E-state index contributed by atoms with van der Waals surface area (Å²) in [5.41, 5.74) is 6.31. The number of benzene rings is 2. The molecule has 0 unspecified atom stereocenters. The van der Waals surface area contributed by atoms with Crippen molar-refractivity contribution in [2.24, 2.45) is 0 Å². The van der Waals surface area contributed by atoms with E-state index in [-0.39, 0.29) is 11.1 Å². The molecule has 0 bridgehead atoms. The number of anilines is 1. The van der Waals surface area contributed by atoms with Gasteiger partial charge in [-0.05, 0) is 30.2 Å². The second-order valence-electron chi connectivity index (χ2n) is 5.11. The number of pyridine rings is 1. The molecule has 1 aromatic heterocycles. The molecule has 0 aliphatic rings. The van der Waals surface area contributed by atoms with Crippen LogP contribution in [0.25, 0.3) is 22.0 Å². The number of rotatable bonds is 2. The second kappa shape index (κ2) is 5.53. The lowest BCUT2D eigenvalue weighted by Crippen LogP contribution is -2.00. The molecule has 118 valence electrons. The summed E-state index contributed by atoms with van der Waals surface area (Å²) in [7, 11) is 0. The average molecular weight is 320 g/mol. The largest absolute Gasteiger partial charge is 0.397 e. The Bertz CT molecular complexity index is 922. The Morgan fingerprint density at radius 3 is 2.48 bits per heavy atom. The summed E-state index contributed by atoms with van der Waals surface area (Å²) in [4.78, 5) is 4.05. The fourth-order valence-corrected chi connectivity index (χ4v) is 2.70. The molecule has 0 atom stereocenters. The van der Waals surface area contributed by atoms with Gasteiger partial charge in [-0.15, -0.1) is 0 Å². The minimum atomic E-state index is -1.39. The molecule has 0 radical (unpaired) electrons. The summed E-state index contributed by atoms with van der Waals surface area (Å²) < 4.78 is 55.3. The number of hydrogen-bond acceptors (Lipinski definition) is 2. The van der Waals surface area contributed by atoms with Crippen LogP contribution in [0.15, 0.2) is 30.5 Å². The number of aromatic nitrogens is 1. The van der Waals surface area contributed by atoms with Gasteiger partial charge in [-0.3, -0.25) is 4.98 Å². The third-order valence-electron chi connectivity index (χ3n) is 3.75. The van der Waals surface area contributed by atoms with Crippen molar-refractivity contribution in [1.82, 2.24) is 4.98 Å². The third-order valence-corrected chi connectivity index (χ3v) is 3.75. The van der Waals surface area contributed by atoms with Gasteiger partial charge in [0, 0.05) is 22.6 Å². The molecular weight excluding hydrogens is 308 g/mol. The normalized spacial score (nSPS) is 11.2. The highest BCUT2D eigenvalue weighted by Gasteiger charge is 2.20. The number of halogens is 4. The molecule has 3 aromatic rings. The van der Waals surface area contributed by atoms with Crippen molar-refractivity contribution < 1.29 is 17.6 Å². The van der Waals surface area contributed by atoms with Gasteiger partial charge >= 0.3 is 0 Å². The van der Waals surface area contributed by atoms with Crippen LogP contribution in [0.4, 0.5) is 23.2 Å². The number of fused-ring (bicyclic) bond motifs is 1. The first-order chi connectivity index (χ1) is 10.9. The van der Waals surface area contributed by atoms with Gasteiger partial charge in [-0.1, -0.05) is 6.92 Å². The van der Waals surface area contributed by atoms with E-state index in [1.54, 1.807) is 0 Å². The molecule has 23 heavy (non-hydrogen) atoms. The molecule has 0 spiro atoms. The van der Waals surface area contributed by atoms with E-state index in [4.69, 9.17) is 5.73 Å². The average Bonchev–Trinajstić information content (AvgIpc) is 2.51. The number of aryl methyl sites for hydroxylation is 1. The van der Waals surface area contributed by atoms with Crippen LogP contribution in [0, 0.1) is 23.3 Å². The van der Waals surface area contributed by atoms with Crippen LogP contribution in [0.3, 0.4) is 0 Å². The van der Waals surface area contributed by atoms with Crippen LogP contribution < -0.4 is 5.73 Å². The first-order valence-electron chi connectivity index (χ1n) is 6.94. The lowest BCUT2D eigenvalue weighted by Gasteiger charge is -2.13. The number of nitrogens with two attached hydrogens (primary N) is 1.